The van der Waals surface area contributed by atoms with E-state index in [-0.39, 0.29) is 23.6 Å². The monoisotopic (exact) mass is 225 g/mol. The number of para-hydroxylation sites is 1. The standard InChI is InChI=1S/C10H11NO5/c1-3-16-9-7(10(12)15-2)5-4-6-8(9)11(13)14/h4-6H,3H2,1-2H3. The predicted molar refractivity (Wildman–Crippen MR) is 55.6 cm³/mol. The normalized spacial score (nSPS) is 9.62. The zero-order valence-electron chi connectivity index (χ0n) is 8.93. The van der Waals surface area contributed by atoms with Crippen molar-refractivity contribution < 1.29 is 19.2 Å². The number of nitro benzene ring substituents is 1. The van der Waals surface area contributed by atoms with Crippen LogP contribution in [-0.2, 0) is 4.74 Å². The van der Waals surface area contributed by atoms with Gasteiger partial charge in [0.05, 0.1) is 18.6 Å². The lowest BCUT2D eigenvalue weighted by Crippen LogP contribution is -2.07. The number of ether oxygens (including phenoxy) is 2. The van der Waals surface area contributed by atoms with Gasteiger partial charge >= 0.3 is 11.7 Å². The molecule has 0 aromatic heterocycles. The van der Waals surface area contributed by atoms with Crippen molar-refractivity contribution in [1.82, 2.24) is 0 Å². The van der Waals surface area contributed by atoms with E-state index in [1.54, 1.807) is 6.92 Å². The van der Waals surface area contributed by atoms with Crippen LogP contribution in [0.4, 0.5) is 5.69 Å². The second-order valence-corrected chi connectivity index (χ2v) is 2.84. The molecule has 1 rings (SSSR count). The summed E-state index contributed by atoms with van der Waals surface area (Å²) in [6.45, 7) is 1.91. The molecule has 0 aliphatic heterocycles. The third-order valence-corrected chi connectivity index (χ3v) is 1.88. The summed E-state index contributed by atoms with van der Waals surface area (Å²) in [5.41, 5.74) is -0.191. The van der Waals surface area contributed by atoms with Crippen LogP contribution < -0.4 is 4.74 Å². The fourth-order valence-corrected chi connectivity index (χ4v) is 1.24. The number of nitro groups is 1. The molecular weight excluding hydrogens is 214 g/mol. The molecule has 0 aliphatic rings. The Hall–Kier alpha value is -2.11. The summed E-state index contributed by atoms with van der Waals surface area (Å²) >= 11 is 0. The average molecular weight is 225 g/mol. The molecule has 0 spiro atoms. The molecule has 6 heteroatoms. The van der Waals surface area contributed by atoms with Crippen molar-refractivity contribution >= 4 is 11.7 Å². The number of carbonyl (C=O) groups excluding carboxylic acids is 1. The number of benzene rings is 1. The van der Waals surface area contributed by atoms with Gasteiger partial charge < -0.3 is 9.47 Å². The lowest BCUT2D eigenvalue weighted by Gasteiger charge is -2.08. The second kappa shape index (κ2) is 5.11. The zero-order chi connectivity index (χ0) is 12.1. The van der Waals surface area contributed by atoms with Gasteiger partial charge in [0.25, 0.3) is 0 Å². The Labute approximate surface area is 91.9 Å². The maximum absolute atomic E-state index is 11.4. The number of hydrogen-bond acceptors (Lipinski definition) is 5. The summed E-state index contributed by atoms with van der Waals surface area (Å²) in [5, 5.41) is 10.7. The molecule has 0 aliphatic carbocycles. The highest BCUT2D eigenvalue weighted by Crippen LogP contribution is 2.31. The molecule has 0 atom stereocenters. The molecule has 0 fully saturated rings. The molecule has 0 bridgehead atoms. The fourth-order valence-electron chi connectivity index (χ4n) is 1.24. The molecular formula is C10H11NO5. The van der Waals surface area contributed by atoms with E-state index in [0.29, 0.717) is 0 Å². The van der Waals surface area contributed by atoms with E-state index in [0.717, 1.165) is 0 Å². The van der Waals surface area contributed by atoms with Crippen molar-refractivity contribution in [3.63, 3.8) is 0 Å². The van der Waals surface area contributed by atoms with Crippen molar-refractivity contribution in [2.24, 2.45) is 0 Å². The highest BCUT2D eigenvalue weighted by Gasteiger charge is 2.23. The Bertz CT molecular complexity index is 416. The highest BCUT2D eigenvalue weighted by atomic mass is 16.6. The first-order valence-corrected chi connectivity index (χ1v) is 4.60. The molecule has 16 heavy (non-hydrogen) atoms. The Balaban J connectivity index is 3.32. The predicted octanol–water partition coefficient (Wildman–Crippen LogP) is 1.78. The van der Waals surface area contributed by atoms with Crippen LogP contribution in [0, 0.1) is 10.1 Å². The molecule has 6 nitrogen and oxygen atoms in total. The van der Waals surface area contributed by atoms with Crippen LogP contribution in [0.15, 0.2) is 18.2 Å². The highest BCUT2D eigenvalue weighted by molar-refractivity contribution is 5.94. The van der Waals surface area contributed by atoms with E-state index in [1.807, 2.05) is 0 Å². The summed E-state index contributed by atoms with van der Waals surface area (Å²) in [6.07, 6.45) is 0. The van der Waals surface area contributed by atoms with Crippen molar-refractivity contribution in [2.45, 2.75) is 6.92 Å². The van der Waals surface area contributed by atoms with E-state index < -0.39 is 10.9 Å². The van der Waals surface area contributed by atoms with Crippen molar-refractivity contribution in [3.8, 4) is 5.75 Å². The molecule has 0 N–H and O–H groups in total. The molecule has 0 radical (unpaired) electrons. The van der Waals surface area contributed by atoms with Crippen LogP contribution >= 0.6 is 0 Å². The van der Waals surface area contributed by atoms with Gasteiger partial charge in [0.2, 0.25) is 5.75 Å². The molecule has 0 unspecified atom stereocenters. The van der Waals surface area contributed by atoms with E-state index in [4.69, 9.17) is 4.74 Å². The molecule has 0 heterocycles. The quantitative estimate of drug-likeness (QED) is 0.443. The maximum Gasteiger partial charge on any atom is 0.341 e. The third kappa shape index (κ3) is 2.28. The van der Waals surface area contributed by atoms with E-state index in [9.17, 15) is 14.9 Å². The largest absolute Gasteiger partial charge is 0.487 e. The molecule has 1 aromatic rings. The van der Waals surface area contributed by atoms with E-state index >= 15 is 0 Å². The van der Waals surface area contributed by atoms with Crippen molar-refractivity contribution in [2.75, 3.05) is 13.7 Å². The van der Waals surface area contributed by atoms with E-state index in [2.05, 4.69) is 4.74 Å². The van der Waals surface area contributed by atoms with Gasteiger partial charge in [-0.05, 0) is 13.0 Å². The number of carbonyl (C=O) groups is 1. The molecule has 0 saturated carbocycles. The van der Waals surface area contributed by atoms with Crippen LogP contribution in [-0.4, -0.2) is 24.6 Å². The molecule has 0 saturated heterocycles. The SMILES string of the molecule is CCOc1c(C(=O)OC)cccc1[N+](=O)[O-]. The minimum Gasteiger partial charge on any atom is -0.487 e. The van der Waals surface area contributed by atoms with Gasteiger partial charge in [-0.1, -0.05) is 6.07 Å². The smallest absolute Gasteiger partial charge is 0.341 e. The van der Waals surface area contributed by atoms with Gasteiger partial charge in [-0.25, -0.2) is 4.79 Å². The first kappa shape index (κ1) is 12.0. The topological polar surface area (TPSA) is 78.7 Å². The third-order valence-electron chi connectivity index (χ3n) is 1.88. The lowest BCUT2D eigenvalue weighted by molar-refractivity contribution is -0.385. The van der Waals surface area contributed by atoms with Crippen LogP contribution in [0.2, 0.25) is 0 Å². The minimum absolute atomic E-state index is 0.0538. The first-order chi connectivity index (χ1) is 7.61. The van der Waals surface area contributed by atoms with Gasteiger partial charge in [-0.3, -0.25) is 10.1 Å². The van der Waals surface area contributed by atoms with Crippen molar-refractivity contribution in [3.05, 3.63) is 33.9 Å². The lowest BCUT2D eigenvalue weighted by atomic mass is 10.1. The first-order valence-electron chi connectivity index (χ1n) is 4.60. The van der Waals surface area contributed by atoms with Crippen molar-refractivity contribution in [1.29, 1.82) is 0 Å². The summed E-state index contributed by atoms with van der Waals surface area (Å²) < 4.78 is 9.63. The Morgan fingerprint density at radius 3 is 2.69 bits per heavy atom. The van der Waals surface area contributed by atoms with Gasteiger partial charge in [0, 0.05) is 6.07 Å². The average Bonchev–Trinajstić information content (AvgIpc) is 2.28. The number of hydrogen-bond donors (Lipinski definition) is 0. The molecule has 1 aromatic carbocycles. The second-order valence-electron chi connectivity index (χ2n) is 2.84. The van der Waals surface area contributed by atoms with Gasteiger partial charge in [-0.15, -0.1) is 0 Å². The summed E-state index contributed by atoms with van der Waals surface area (Å²) in [7, 11) is 1.21. The van der Waals surface area contributed by atoms with Crippen LogP contribution in [0.1, 0.15) is 17.3 Å². The Morgan fingerprint density at radius 2 is 2.19 bits per heavy atom. The summed E-state index contributed by atoms with van der Waals surface area (Å²) in [5.74, 6) is -0.714. The Kier molecular flexibility index (Phi) is 3.82. The van der Waals surface area contributed by atoms with Crippen LogP contribution in [0.5, 0.6) is 5.75 Å². The number of rotatable bonds is 4. The van der Waals surface area contributed by atoms with Gasteiger partial charge in [0.1, 0.15) is 5.56 Å². The Morgan fingerprint density at radius 1 is 1.50 bits per heavy atom. The molecule has 0 amide bonds. The number of esters is 1. The molecule has 86 valence electrons. The van der Waals surface area contributed by atoms with Gasteiger partial charge in [-0.2, -0.15) is 0 Å². The van der Waals surface area contributed by atoms with Gasteiger partial charge in [0.15, 0.2) is 0 Å². The minimum atomic E-state index is -0.660. The van der Waals surface area contributed by atoms with E-state index in [1.165, 1.54) is 25.3 Å². The van der Waals surface area contributed by atoms with Crippen LogP contribution in [0.25, 0.3) is 0 Å². The maximum atomic E-state index is 11.4. The fraction of sp³-hybridized carbons (Fsp3) is 0.300. The number of methoxy groups -OCH3 is 1. The number of nitrogens with zero attached hydrogens (tertiary/aromatic N) is 1. The van der Waals surface area contributed by atoms with Crippen LogP contribution in [0.3, 0.4) is 0 Å². The summed E-state index contributed by atoms with van der Waals surface area (Å²) in [4.78, 5) is 21.5. The summed E-state index contributed by atoms with van der Waals surface area (Å²) in [6, 6.07) is 4.11. The zero-order valence-corrected chi connectivity index (χ0v) is 8.93.